The Balaban J connectivity index is 2.26. The molecular formula is C13H17BrClN5O. The van der Waals surface area contributed by atoms with Crippen LogP contribution >= 0.6 is 27.5 Å². The Morgan fingerprint density at radius 1 is 1.52 bits per heavy atom. The number of carbonyl (C=O) groups excluding carboxylic acids is 1. The van der Waals surface area contributed by atoms with E-state index in [2.05, 4.69) is 26.1 Å². The van der Waals surface area contributed by atoms with Crippen molar-refractivity contribution in [3.05, 3.63) is 32.8 Å². The van der Waals surface area contributed by atoms with Gasteiger partial charge in [-0.2, -0.15) is 10.2 Å². The zero-order valence-electron chi connectivity index (χ0n) is 12.4. The van der Waals surface area contributed by atoms with Crippen LogP contribution in [0.25, 0.3) is 0 Å². The third-order valence-electron chi connectivity index (χ3n) is 3.28. The summed E-state index contributed by atoms with van der Waals surface area (Å²) >= 11 is 9.63. The number of aryl methyl sites for hydroxylation is 3. The fourth-order valence-corrected chi connectivity index (χ4v) is 2.82. The molecule has 0 unspecified atom stereocenters. The van der Waals surface area contributed by atoms with Gasteiger partial charge in [0.25, 0.3) is 5.91 Å². The molecule has 0 aliphatic heterocycles. The first kappa shape index (κ1) is 16.0. The molecule has 0 saturated carbocycles. The van der Waals surface area contributed by atoms with Gasteiger partial charge in [0.2, 0.25) is 0 Å². The normalized spacial score (nSPS) is 11.0. The summed E-state index contributed by atoms with van der Waals surface area (Å²) in [5.41, 5.74) is 1.99. The van der Waals surface area contributed by atoms with Gasteiger partial charge >= 0.3 is 0 Å². The molecule has 0 aliphatic rings. The molecule has 6 nitrogen and oxygen atoms in total. The molecule has 0 aromatic carbocycles. The van der Waals surface area contributed by atoms with Crippen LogP contribution in [0.2, 0.25) is 5.02 Å². The van der Waals surface area contributed by atoms with E-state index in [0.717, 1.165) is 16.7 Å². The highest BCUT2D eigenvalue weighted by molar-refractivity contribution is 9.10. The summed E-state index contributed by atoms with van der Waals surface area (Å²) in [5.74, 6) is -0.168. The minimum atomic E-state index is -0.168. The fourth-order valence-electron chi connectivity index (χ4n) is 2.16. The van der Waals surface area contributed by atoms with E-state index in [1.807, 2.05) is 11.6 Å². The number of aromatic nitrogens is 4. The van der Waals surface area contributed by atoms with E-state index in [9.17, 15) is 4.79 Å². The standard InChI is InChI=1S/C13H17BrClN5O/c1-5-20-10(9(14)6-16-20)7-18(3)13(21)12-11(15)8(2)17-19(12)4/h6H,5,7H2,1-4H3. The first-order chi connectivity index (χ1) is 9.86. The average molecular weight is 375 g/mol. The van der Waals surface area contributed by atoms with Crippen LogP contribution in [0.4, 0.5) is 0 Å². The fraction of sp³-hybridized carbons (Fsp3) is 0.462. The van der Waals surface area contributed by atoms with Gasteiger partial charge in [-0.1, -0.05) is 11.6 Å². The molecule has 8 heteroatoms. The van der Waals surface area contributed by atoms with E-state index in [1.54, 1.807) is 32.1 Å². The summed E-state index contributed by atoms with van der Waals surface area (Å²) in [7, 11) is 3.45. The monoisotopic (exact) mass is 373 g/mol. The van der Waals surface area contributed by atoms with E-state index < -0.39 is 0 Å². The zero-order chi connectivity index (χ0) is 15.7. The topological polar surface area (TPSA) is 56.0 Å². The minimum Gasteiger partial charge on any atom is -0.334 e. The van der Waals surface area contributed by atoms with Crippen molar-refractivity contribution in [1.82, 2.24) is 24.5 Å². The van der Waals surface area contributed by atoms with Crippen LogP contribution in [-0.4, -0.2) is 37.4 Å². The number of hydrogen-bond acceptors (Lipinski definition) is 3. The number of hydrogen-bond donors (Lipinski definition) is 0. The van der Waals surface area contributed by atoms with Crippen LogP contribution in [0.1, 0.15) is 28.8 Å². The molecule has 0 N–H and O–H groups in total. The number of rotatable bonds is 4. The van der Waals surface area contributed by atoms with Crippen molar-refractivity contribution in [3.8, 4) is 0 Å². The average Bonchev–Trinajstić information content (AvgIpc) is 2.90. The predicted molar refractivity (Wildman–Crippen MR) is 84.4 cm³/mol. The third kappa shape index (κ3) is 2.98. The lowest BCUT2D eigenvalue weighted by atomic mass is 10.3. The molecule has 2 heterocycles. The van der Waals surface area contributed by atoms with Crippen molar-refractivity contribution in [2.75, 3.05) is 7.05 Å². The Bertz CT molecular complexity index is 678. The maximum atomic E-state index is 12.6. The van der Waals surface area contributed by atoms with Gasteiger partial charge in [-0.25, -0.2) is 0 Å². The van der Waals surface area contributed by atoms with Crippen molar-refractivity contribution in [2.45, 2.75) is 26.9 Å². The van der Waals surface area contributed by atoms with Crippen molar-refractivity contribution in [3.63, 3.8) is 0 Å². The smallest absolute Gasteiger partial charge is 0.273 e. The first-order valence-corrected chi connectivity index (χ1v) is 7.68. The maximum absolute atomic E-state index is 12.6. The highest BCUT2D eigenvalue weighted by Gasteiger charge is 2.23. The molecule has 21 heavy (non-hydrogen) atoms. The molecule has 2 aromatic rings. The second-order valence-electron chi connectivity index (χ2n) is 4.79. The largest absolute Gasteiger partial charge is 0.334 e. The van der Waals surface area contributed by atoms with Gasteiger partial charge in [0.15, 0.2) is 0 Å². The Hall–Kier alpha value is -1.34. The molecular weight excluding hydrogens is 358 g/mol. The van der Waals surface area contributed by atoms with Crippen LogP contribution in [0, 0.1) is 6.92 Å². The summed E-state index contributed by atoms with van der Waals surface area (Å²) in [5, 5.41) is 8.82. The Morgan fingerprint density at radius 3 is 2.71 bits per heavy atom. The van der Waals surface area contributed by atoms with E-state index in [-0.39, 0.29) is 5.91 Å². The van der Waals surface area contributed by atoms with E-state index >= 15 is 0 Å². The second kappa shape index (κ2) is 6.19. The molecule has 114 valence electrons. The highest BCUT2D eigenvalue weighted by atomic mass is 79.9. The van der Waals surface area contributed by atoms with Crippen LogP contribution < -0.4 is 0 Å². The van der Waals surface area contributed by atoms with Crippen molar-refractivity contribution < 1.29 is 4.79 Å². The zero-order valence-corrected chi connectivity index (χ0v) is 14.7. The third-order valence-corrected chi connectivity index (χ3v) is 4.40. The van der Waals surface area contributed by atoms with Gasteiger partial charge in [0, 0.05) is 20.6 Å². The number of nitrogens with zero attached hydrogens (tertiary/aromatic N) is 5. The quantitative estimate of drug-likeness (QED) is 0.826. The van der Waals surface area contributed by atoms with E-state index in [1.165, 1.54) is 4.68 Å². The Morgan fingerprint density at radius 2 is 2.19 bits per heavy atom. The summed E-state index contributed by atoms with van der Waals surface area (Å²) in [6, 6.07) is 0. The summed E-state index contributed by atoms with van der Waals surface area (Å²) in [4.78, 5) is 14.2. The van der Waals surface area contributed by atoms with Gasteiger partial charge in [-0.3, -0.25) is 14.2 Å². The van der Waals surface area contributed by atoms with Crippen molar-refractivity contribution in [2.24, 2.45) is 7.05 Å². The maximum Gasteiger partial charge on any atom is 0.273 e. The first-order valence-electron chi connectivity index (χ1n) is 6.51. The molecule has 2 aromatic heterocycles. The molecule has 0 fully saturated rings. The van der Waals surface area contributed by atoms with Crippen LogP contribution in [0.5, 0.6) is 0 Å². The predicted octanol–water partition coefficient (Wildman–Crippen LogP) is 2.63. The Labute approximate surface area is 136 Å². The van der Waals surface area contributed by atoms with E-state index in [4.69, 9.17) is 11.6 Å². The van der Waals surface area contributed by atoms with Gasteiger partial charge < -0.3 is 4.90 Å². The molecule has 0 saturated heterocycles. The molecule has 2 rings (SSSR count). The summed E-state index contributed by atoms with van der Waals surface area (Å²) in [6.07, 6.45) is 1.73. The number of amides is 1. The highest BCUT2D eigenvalue weighted by Crippen LogP contribution is 2.23. The minimum absolute atomic E-state index is 0.168. The summed E-state index contributed by atoms with van der Waals surface area (Å²) in [6.45, 7) is 4.97. The van der Waals surface area contributed by atoms with Crippen molar-refractivity contribution in [1.29, 1.82) is 0 Å². The van der Waals surface area contributed by atoms with Gasteiger partial charge in [0.1, 0.15) is 5.69 Å². The lowest BCUT2D eigenvalue weighted by Gasteiger charge is -2.18. The van der Waals surface area contributed by atoms with Crippen LogP contribution in [0.15, 0.2) is 10.7 Å². The lowest BCUT2D eigenvalue weighted by Crippen LogP contribution is -2.29. The molecule has 0 aliphatic carbocycles. The van der Waals surface area contributed by atoms with Crippen LogP contribution in [-0.2, 0) is 20.1 Å². The number of halogens is 2. The van der Waals surface area contributed by atoms with Crippen molar-refractivity contribution >= 4 is 33.4 Å². The number of carbonyl (C=O) groups is 1. The Kier molecular flexibility index (Phi) is 4.73. The van der Waals surface area contributed by atoms with Gasteiger partial charge in [0.05, 0.1) is 33.6 Å². The van der Waals surface area contributed by atoms with Crippen LogP contribution in [0.3, 0.4) is 0 Å². The molecule has 0 bridgehead atoms. The van der Waals surface area contributed by atoms with Gasteiger partial charge in [-0.05, 0) is 29.8 Å². The molecule has 0 atom stereocenters. The SMILES string of the molecule is CCn1ncc(Br)c1CN(C)C(=O)c1c(Cl)c(C)nn1C. The van der Waals surface area contributed by atoms with E-state index in [0.29, 0.717) is 23.0 Å². The second-order valence-corrected chi connectivity index (χ2v) is 6.02. The molecule has 1 amide bonds. The molecule has 0 radical (unpaired) electrons. The molecule has 0 spiro atoms. The lowest BCUT2D eigenvalue weighted by molar-refractivity contribution is 0.0770. The van der Waals surface area contributed by atoms with Gasteiger partial charge in [-0.15, -0.1) is 0 Å². The summed E-state index contributed by atoms with van der Waals surface area (Å²) < 4.78 is 4.25.